The summed E-state index contributed by atoms with van der Waals surface area (Å²) in [5, 5.41) is 6.73. The Hall–Kier alpha value is -2.38. The van der Waals surface area contributed by atoms with Gasteiger partial charge in [-0.05, 0) is 43.4 Å². The average Bonchev–Trinajstić information content (AvgIpc) is 3.35. The first kappa shape index (κ1) is 19.9. The van der Waals surface area contributed by atoms with Gasteiger partial charge in [0.05, 0.1) is 31.5 Å². The number of anilines is 2. The number of nitrogens with one attached hydrogen (secondary N) is 3. The van der Waals surface area contributed by atoms with Crippen molar-refractivity contribution >= 4 is 33.8 Å². The highest BCUT2D eigenvalue weighted by Crippen LogP contribution is 2.39. The topological polar surface area (TPSA) is 71.9 Å². The number of methoxy groups -OCH3 is 1. The highest BCUT2D eigenvalue weighted by molar-refractivity contribution is 7.17. The van der Waals surface area contributed by atoms with Crippen molar-refractivity contribution in [1.82, 2.24) is 0 Å². The van der Waals surface area contributed by atoms with Crippen LogP contribution >= 0.6 is 11.3 Å². The van der Waals surface area contributed by atoms with Crippen LogP contribution in [0, 0.1) is 0 Å². The summed E-state index contributed by atoms with van der Waals surface area (Å²) in [6.45, 7) is 2.57. The maximum absolute atomic E-state index is 13.2. The smallest absolute Gasteiger partial charge is 0.280 e. The van der Waals surface area contributed by atoms with Crippen LogP contribution in [0.1, 0.15) is 46.5 Å². The molecule has 0 atom stereocenters. The van der Waals surface area contributed by atoms with Gasteiger partial charge in [-0.2, -0.15) is 0 Å². The lowest BCUT2D eigenvalue weighted by Crippen LogP contribution is -3.11. The molecule has 0 saturated carbocycles. The molecule has 0 spiro atoms. The summed E-state index contributed by atoms with van der Waals surface area (Å²) in [4.78, 5) is 28.4. The molecule has 0 radical (unpaired) electrons. The zero-order valence-electron chi connectivity index (χ0n) is 16.8. The number of quaternary nitrogens is 1. The molecule has 1 fully saturated rings. The van der Waals surface area contributed by atoms with E-state index in [1.807, 2.05) is 24.3 Å². The number of aryl methyl sites for hydroxylation is 1. The maximum Gasteiger partial charge on any atom is 0.280 e. The average molecular weight is 415 g/mol. The fraction of sp³-hybridized carbons (Fsp3) is 0.455. The molecule has 1 aliphatic heterocycles. The molecule has 1 aromatic heterocycles. The molecule has 6 nitrogen and oxygen atoms in total. The number of carbonyl (C=O) groups excluding carboxylic acids is 2. The number of thiophene rings is 1. The van der Waals surface area contributed by atoms with E-state index in [0.717, 1.165) is 44.3 Å². The largest absolute Gasteiger partial charge is 0.495 e. The summed E-state index contributed by atoms with van der Waals surface area (Å²) in [5.41, 5.74) is 2.35. The summed E-state index contributed by atoms with van der Waals surface area (Å²) in [6, 6.07) is 7.38. The van der Waals surface area contributed by atoms with Crippen molar-refractivity contribution in [2.24, 2.45) is 0 Å². The second kappa shape index (κ2) is 8.97. The van der Waals surface area contributed by atoms with Gasteiger partial charge in [0.15, 0.2) is 6.54 Å². The SMILES string of the molecule is COc1ccccc1NC(=O)c1c(NC(=O)C[NH+]2CCCC2)sc2c1CCCC2. The monoisotopic (exact) mass is 414 g/mol. The van der Waals surface area contributed by atoms with Crippen LogP contribution < -0.4 is 20.3 Å². The fourth-order valence-corrected chi connectivity index (χ4v) is 5.58. The third-order valence-corrected chi connectivity index (χ3v) is 6.93. The van der Waals surface area contributed by atoms with Crippen molar-refractivity contribution in [2.75, 3.05) is 37.4 Å². The Morgan fingerprint density at radius 2 is 1.83 bits per heavy atom. The first-order chi connectivity index (χ1) is 14.2. The Kier molecular flexibility index (Phi) is 6.16. The van der Waals surface area contributed by atoms with Crippen molar-refractivity contribution in [3.05, 3.63) is 40.3 Å². The van der Waals surface area contributed by atoms with E-state index >= 15 is 0 Å². The van der Waals surface area contributed by atoms with Crippen LogP contribution in [0.15, 0.2) is 24.3 Å². The van der Waals surface area contributed by atoms with E-state index in [1.165, 1.54) is 22.6 Å². The van der Waals surface area contributed by atoms with Crippen LogP contribution in [0.2, 0.25) is 0 Å². The molecule has 2 heterocycles. The number of fused-ring (bicyclic) bond motifs is 1. The van der Waals surface area contributed by atoms with Crippen LogP contribution in [-0.4, -0.2) is 38.6 Å². The molecule has 0 unspecified atom stereocenters. The number of ether oxygens (including phenoxy) is 1. The number of rotatable bonds is 6. The minimum absolute atomic E-state index is 0.00756. The van der Waals surface area contributed by atoms with Gasteiger partial charge >= 0.3 is 0 Å². The van der Waals surface area contributed by atoms with E-state index in [0.29, 0.717) is 28.5 Å². The predicted molar refractivity (Wildman–Crippen MR) is 115 cm³/mol. The zero-order chi connectivity index (χ0) is 20.2. The van der Waals surface area contributed by atoms with Crippen molar-refractivity contribution in [2.45, 2.75) is 38.5 Å². The summed E-state index contributed by atoms with van der Waals surface area (Å²) in [7, 11) is 1.59. The molecule has 0 bridgehead atoms. The third-order valence-electron chi connectivity index (χ3n) is 5.73. The highest BCUT2D eigenvalue weighted by atomic mass is 32.1. The van der Waals surface area contributed by atoms with E-state index in [4.69, 9.17) is 4.74 Å². The third kappa shape index (κ3) is 4.46. The van der Waals surface area contributed by atoms with E-state index in [9.17, 15) is 9.59 Å². The molecule has 7 heteroatoms. The van der Waals surface area contributed by atoms with Crippen LogP contribution in [-0.2, 0) is 17.6 Å². The standard InChI is InChI=1S/C22H27N3O3S/c1-28-17-10-4-3-9-16(17)23-21(27)20-15-8-2-5-11-18(15)29-22(20)24-19(26)14-25-12-6-7-13-25/h3-4,9-10H,2,5-8,11-14H2,1H3,(H,23,27)(H,24,26)/p+1. The molecule has 2 aliphatic rings. The molecule has 2 aromatic rings. The van der Waals surface area contributed by atoms with Crippen LogP contribution in [0.4, 0.5) is 10.7 Å². The Morgan fingerprint density at radius 3 is 2.62 bits per heavy atom. The number of benzene rings is 1. The lowest BCUT2D eigenvalue weighted by atomic mass is 9.95. The Balaban J connectivity index is 1.58. The number of para-hydroxylation sites is 2. The van der Waals surface area contributed by atoms with E-state index in [2.05, 4.69) is 10.6 Å². The second-order valence-corrected chi connectivity index (χ2v) is 8.86. The first-order valence-electron chi connectivity index (χ1n) is 10.4. The summed E-state index contributed by atoms with van der Waals surface area (Å²) in [6.07, 6.45) is 6.43. The van der Waals surface area contributed by atoms with Crippen molar-refractivity contribution in [3.8, 4) is 5.75 Å². The summed E-state index contributed by atoms with van der Waals surface area (Å²) in [5.74, 6) is 0.428. The molecule has 4 rings (SSSR count). The molecular formula is C22H28N3O3S+. The Morgan fingerprint density at radius 1 is 1.07 bits per heavy atom. The predicted octanol–water partition coefficient (Wildman–Crippen LogP) is 2.50. The summed E-state index contributed by atoms with van der Waals surface area (Å²) >= 11 is 1.56. The van der Waals surface area contributed by atoms with Crippen LogP contribution in [0.3, 0.4) is 0 Å². The van der Waals surface area contributed by atoms with Crippen molar-refractivity contribution in [1.29, 1.82) is 0 Å². The van der Waals surface area contributed by atoms with Crippen LogP contribution in [0.5, 0.6) is 5.75 Å². The molecule has 1 saturated heterocycles. The Labute approximate surface area is 175 Å². The number of amides is 2. The quantitative estimate of drug-likeness (QED) is 0.680. The fourth-order valence-electron chi connectivity index (χ4n) is 4.28. The van der Waals surface area contributed by atoms with Gasteiger partial charge in [0.25, 0.3) is 11.8 Å². The van der Waals surface area contributed by atoms with E-state index in [-0.39, 0.29) is 11.8 Å². The molecule has 1 aromatic carbocycles. The number of likely N-dealkylation sites (tertiary alicyclic amines) is 1. The van der Waals surface area contributed by atoms with Gasteiger partial charge in [-0.3, -0.25) is 9.59 Å². The minimum atomic E-state index is -0.183. The molecule has 1 aliphatic carbocycles. The molecule has 3 N–H and O–H groups in total. The zero-order valence-corrected chi connectivity index (χ0v) is 17.6. The van der Waals surface area contributed by atoms with E-state index < -0.39 is 0 Å². The molecular weight excluding hydrogens is 386 g/mol. The van der Waals surface area contributed by atoms with Gasteiger partial charge in [0, 0.05) is 17.7 Å². The number of hydrogen-bond donors (Lipinski definition) is 3. The molecule has 154 valence electrons. The van der Waals surface area contributed by atoms with Gasteiger partial charge in [0.2, 0.25) is 0 Å². The number of hydrogen-bond acceptors (Lipinski definition) is 4. The van der Waals surface area contributed by atoms with Gasteiger partial charge in [0.1, 0.15) is 10.8 Å². The summed E-state index contributed by atoms with van der Waals surface area (Å²) < 4.78 is 5.36. The number of carbonyl (C=O) groups is 2. The lowest BCUT2D eigenvalue weighted by Gasteiger charge is -2.15. The maximum atomic E-state index is 13.2. The van der Waals surface area contributed by atoms with E-state index in [1.54, 1.807) is 18.4 Å². The second-order valence-electron chi connectivity index (χ2n) is 7.75. The lowest BCUT2D eigenvalue weighted by molar-refractivity contribution is -0.878. The van der Waals surface area contributed by atoms with Crippen molar-refractivity contribution in [3.63, 3.8) is 0 Å². The highest BCUT2D eigenvalue weighted by Gasteiger charge is 2.28. The van der Waals surface area contributed by atoms with Gasteiger partial charge in [-0.25, -0.2) is 0 Å². The molecule has 2 amide bonds. The molecule has 29 heavy (non-hydrogen) atoms. The van der Waals surface area contributed by atoms with Crippen molar-refractivity contribution < 1.29 is 19.2 Å². The van der Waals surface area contributed by atoms with Gasteiger partial charge < -0.3 is 20.3 Å². The normalized spacial score (nSPS) is 16.3. The van der Waals surface area contributed by atoms with Crippen LogP contribution in [0.25, 0.3) is 0 Å². The van der Waals surface area contributed by atoms with Gasteiger partial charge in [-0.1, -0.05) is 12.1 Å². The first-order valence-corrected chi connectivity index (χ1v) is 11.2. The minimum Gasteiger partial charge on any atom is -0.495 e. The van der Waals surface area contributed by atoms with Gasteiger partial charge in [-0.15, -0.1) is 11.3 Å². The Bertz CT molecular complexity index is 903.